The average Bonchev–Trinajstić information content (AvgIpc) is 3.07. The van der Waals surface area contributed by atoms with Gasteiger partial charge in [-0.1, -0.05) is 19.1 Å². The van der Waals surface area contributed by atoms with E-state index in [1.165, 1.54) is 6.08 Å². The number of carbonyl (C=O) groups excluding carboxylic acids is 3. The molecule has 1 fully saturated rings. The molecule has 2 aromatic rings. The van der Waals surface area contributed by atoms with Gasteiger partial charge in [-0.15, -0.1) is 0 Å². The first-order valence-electron chi connectivity index (χ1n) is 8.93. The van der Waals surface area contributed by atoms with Crippen molar-refractivity contribution in [1.29, 1.82) is 0 Å². The lowest BCUT2D eigenvalue weighted by Gasteiger charge is -2.35. The number of hydrogen-bond donors (Lipinski definition) is 2. The summed E-state index contributed by atoms with van der Waals surface area (Å²) in [7, 11) is 0. The summed E-state index contributed by atoms with van der Waals surface area (Å²) in [4.78, 5) is 35.9. The summed E-state index contributed by atoms with van der Waals surface area (Å²) in [6, 6.07) is 10.8. The van der Waals surface area contributed by atoms with Crippen molar-refractivity contribution in [2.45, 2.75) is 38.5 Å². The normalized spacial score (nSPS) is 19.9. The lowest BCUT2D eigenvalue weighted by Crippen LogP contribution is -2.51. The summed E-state index contributed by atoms with van der Waals surface area (Å²) in [6.45, 7) is 3.77. The largest absolute Gasteiger partial charge is 0.462 e. The van der Waals surface area contributed by atoms with Gasteiger partial charge in [0.1, 0.15) is 11.5 Å². The summed E-state index contributed by atoms with van der Waals surface area (Å²) >= 11 is 0. The van der Waals surface area contributed by atoms with Crippen LogP contribution in [0.25, 0.3) is 6.08 Å². The van der Waals surface area contributed by atoms with E-state index in [1.807, 2.05) is 32.0 Å². The van der Waals surface area contributed by atoms with Crippen LogP contribution in [0.5, 0.6) is 0 Å². The second-order valence-corrected chi connectivity index (χ2v) is 6.66. The summed E-state index contributed by atoms with van der Waals surface area (Å²) in [5, 5.41) is 5.21. The van der Waals surface area contributed by atoms with Crippen molar-refractivity contribution in [2.75, 3.05) is 5.32 Å². The van der Waals surface area contributed by atoms with Crippen molar-refractivity contribution in [3.8, 4) is 0 Å². The molecule has 1 aliphatic heterocycles. The standard InChI is InChI=1S/C21H22N2O4/c1-3-21(13-12-19(25)23-20(21)26)15-5-7-16(8-6-15)22-18(24)11-10-17-9-4-14(2)27-17/h4-11H,3,12-13H2,1-2H3,(H,22,24)(H,23,25,26)/b11-10+. The number of aryl methyl sites for hydroxylation is 1. The summed E-state index contributed by atoms with van der Waals surface area (Å²) in [5.41, 5.74) is 0.769. The number of rotatable bonds is 5. The van der Waals surface area contributed by atoms with Gasteiger partial charge in [0.25, 0.3) is 0 Å². The Morgan fingerprint density at radius 3 is 2.56 bits per heavy atom. The lowest BCUT2D eigenvalue weighted by molar-refractivity contribution is -0.138. The van der Waals surface area contributed by atoms with Crippen LogP contribution in [0.1, 0.15) is 43.3 Å². The van der Waals surface area contributed by atoms with Crippen molar-refractivity contribution in [3.63, 3.8) is 0 Å². The number of furan rings is 1. The van der Waals surface area contributed by atoms with Crippen LogP contribution in [0.4, 0.5) is 5.69 Å². The fraction of sp³-hybridized carbons (Fsp3) is 0.286. The highest BCUT2D eigenvalue weighted by Gasteiger charge is 2.42. The van der Waals surface area contributed by atoms with Crippen molar-refractivity contribution in [3.05, 3.63) is 59.6 Å². The predicted octanol–water partition coefficient (Wildman–Crippen LogP) is 3.32. The zero-order chi connectivity index (χ0) is 19.4. The Morgan fingerprint density at radius 1 is 1.22 bits per heavy atom. The fourth-order valence-electron chi connectivity index (χ4n) is 3.32. The SMILES string of the molecule is CCC1(c2ccc(NC(=O)/C=C/c3ccc(C)o3)cc2)CCC(=O)NC1=O. The molecule has 0 radical (unpaired) electrons. The van der Waals surface area contributed by atoms with Crippen LogP contribution < -0.4 is 10.6 Å². The third-order valence-electron chi connectivity index (χ3n) is 4.94. The molecule has 27 heavy (non-hydrogen) atoms. The first kappa shape index (κ1) is 18.6. The van der Waals surface area contributed by atoms with E-state index < -0.39 is 5.41 Å². The van der Waals surface area contributed by atoms with Gasteiger partial charge in [-0.05, 0) is 55.7 Å². The molecule has 3 amide bonds. The molecule has 1 aliphatic rings. The van der Waals surface area contributed by atoms with Crippen LogP contribution in [0.15, 0.2) is 46.9 Å². The predicted molar refractivity (Wildman–Crippen MR) is 102 cm³/mol. The van der Waals surface area contributed by atoms with E-state index in [0.29, 0.717) is 30.7 Å². The van der Waals surface area contributed by atoms with E-state index in [4.69, 9.17) is 4.42 Å². The van der Waals surface area contributed by atoms with E-state index in [-0.39, 0.29) is 17.7 Å². The van der Waals surface area contributed by atoms with Gasteiger partial charge in [0.2, 0.25) is 17.7 Å². The van der Waals surface area contributed by atoms with Gasteiger partial charge in [0.15, 0.2) is 0 Å². The minimum atomic E-state index is -0.701. The number of benzene rings is 1. The molecule has 6 heteroatoms. The Kier molecular flexibility index (Phi) is 5.26. The Labute approximate surface area is 157 Å². The number of anilines is 1. The van der Waals surface area contributed by atoms with Crippen LogP contribution in [0.2, 0.25) is 0 Å². The minimum absolute atomic E-state index is 0.230. The Morgan fingerprint density at radius 2 is 1.96 bits per heavy atom. The van der Waals surface area contributed by atoms with Gasteiger partial charge in [0, 0.05) is 18.2 Å². The van der Waals surface area contributed by atoms with Crippen molar-refractivity contribution >= 4 is 29.5 Å². The monoisotopic (exact) mass is 366 g/mol. The molecule has 1 aromatic carbocycles. The van der Waals surface area contributed by atoms with Gasteiger partial charge in [-0.3, -0.25) is 19.7 Å². The molecule has 0 aliphatic carbocycles. The highest BCUT2D eigenvalue weighted by atomic mass is 16.3. The molecule has 3 rings (SSSR count). The number of piperidine rings is 1. The second-order valence-electron chi connectivity index (χ2n) is 6.66. The molecular formula is C21H22N2O4. The Bertz CT molecular complexity index is 895. The molecular weight excluding hydrogens is 344 g/mol. The maximum atomic E-state index is 12.4. The number of nitrogens with one attached hydrogen (secondary N) is 2. The molecule has 1 aromatic heterocycles. The van der Waals surface area contributed by atoms with Crippen LogP contribution in [0, 0.1) is 6.92 Å². The smallest absolute Gasteiger partial charge is 0.248 e. The highest BCUT2D eigenvalue weighted by molar-refractivity contribution is 6.04. The van der Waals surface area contributed by atoms with E-state index in [2.05, 4.69) is 10.6 Å². The Hall–Kier alpha value is -3.15. The molecule has 2 heterocycles. The fourth-order valence-corrected chi connectivity index (χ4v) is 3.32. The first-order chi connectivity index (χ1) is 12.9. The number of hydrogen-bond acceptors (Lipinski definition) is 4. The molecule has 2 N–H and O–H groups in total. The molecule has 140 valence electrons. The van der Waals surface area contributed by atoms with E-state index >= 15 is 0 Å². The maximum absolute atomic E-state index is 12.4. The van der Waals surface area contributed by atoms with E-state index in [9.17, 15) is 14.4 Å². The van der Waals surface area contributed by atoms with E-state index in [0.717, 1.165) is 11.3 Å². The van der Waals surface area contributed by atoms with Crippen molar-refractivity contribution in [2.24, 2.45) is 0 Å². The van der Waals surface area contributed by atoms with Gasteiger partial charge in [-0.2, -0.15) is 0 Å². The molecule has 1 unspecified atom stereocenters. The van der Waals surface area contributed by atoms with Gasteiger partial charge in [-0.25, -0.2) is 0 Å². The Balaban J connectivity index is 1.69. The lowest BCUT2D eigenvalue weighted by atomic mass is 9.72. The molecule has 0 saturated carbocycles. The average molecular weight is 366 g/mol. The first-order valence-corrected chi connectivity index (χ1v) is 8.93. The van der Waals surface area contributed by atoms with Crippen LogP contribution >= 0.6 is 0 Å². The molecule has 6 nitrogen and oxygen atoms in total. The number of amides is 3. The van der Waals surface area contributed by atoms with Gasteiger partial charge < -0.3 is 9.73 Å². The summed E-state index contributed by atoms with van der Waals surface area (Å²) < 4.78 is 5.38. The maximum Gasteiger partial charge on any atom is 0.248 e. The quantitative estimate of drug-likeness (QED) is 0.628. The minimum Gasteiger partial charge on any atom is -0.462 e. The zero-order valence-electron chi connectivity index (χ0n) is 15.4. The topological polar surface area (TPSA) is 88.4 Å². The molecule has 1 atom stereocenters. The van der Waals surface area contributed by atoms with E-state index in [1.54, 1.807) is 24.3 Å². The van der Waals surface area contributed by atoms with Crippen LogP contribution in [-0.2, 0) is 19.8 Å². The molecule has 0 spiro atoms. The number of carbonyl (C=O) groups is 3. The second kappa shape index (κ2) is 7.61. The zero-order valence-corrected chi connectivity index (χ0v) is 15.4. The van der Waals surface area contributed by atoms with Crippen molar-refractivity contribution < 1.29 is 18.8 Å². The molecule has 0 bridgehead atoms. The van der Waals surface area contributed by atoms with Crippen LogP contribution in [-0.4, -0.2) is 17.7 Å². The molecule has 1 saturated heterocycles. The van der Waals surface area contributed by atoms with Crippen molar-refractivity contribution in [1.82, 2.24) is 5.32 Å². The summed E-state index contributed by atoms with van der Waals surface area (Å²) in [5.74, 6) is 0.633. The van der Waals surface area contributed by atoms with Gasteiger partial charge in [0.05, 0.1) is 5.41 Å². The van der Waals surface area contributed by atoms with Crippen LogP contribution in [0.3, 0.4) is 0 Å². The summed E-state index contributed by atoms with van der Waals surface area (Å²) in [6.07, 6.45) is 4.43. The third kappa shape index (κ3) is 4.00. The third-order valence-corrected chi connectivity index (χ3v) is 4.94. The number of imide groups is 1. The highest BCUT2D eigenvalue weighted by Crippen LogP contribution is 2.36. The van der Waals surface area contributed by atoms with Gasteiger partial charge >= 0.3 is 0 Å².